The zero-order valence-corrected chi connectivity index (χ0v) is 12.4. The van der Waals surface area contributed by atoms with Crippen LogP contribution in [-0.2, 0) is 5.75 Å². The highest BCUT2D eigenvalue weighted by molar-refractivity contribution is 7.98. The van der Waals surface area contributed by atoms with Crippen molar-refractivity contribution in [2.75, 3.05) is 5.73 Å². The number of nitrogens with zero attached hydrogens (tertiary/aromatic N) is 2. The van der Waals surface area contributed by atoms with Gasteiger partial charge in [-0.3, -0.25) is 0 Å². The summed E-state index contributed by atoms with van der Waals surface area (Å²) in [7, 11) is 0. The van der Waals surface area contributed by atoms with Crippen molar-refractivity contribution < 1.29 is 0 Å². The standard InChI is InChI=1S/C13H11N3S3/c14-12-2-1-11(5-15-12)18-7-10-8-19-13(16-10)9-3-4-17-6-9/h1-6,8H,7H2,(H2,14,15). The molecule has 0 unspecified atom stereocenters. The van der Waals surface area contributed by atoms with Crippen LogP contribution in [0.25, 0.3) is 10.6 Å². The largest absolute Gasteiger partial charge is 0.384 e. The lowest BCUT2D eigenvalue weighted by Crippen LogP contribution is -1.88. The van der Waals surface area contributed by atoms with Crippen molar-refractivity contribution in [3.8, 4) is 10.6 Å². The van der Waals surface area contributed by atoms with E-state index >= 15 is 0 Å². The van der Waals surface area contributed by atoms with Gasteiger partial charge in [0.15, 0.2) is 0 Å². The first-order valence-electron chi connectivity index (χ1n) is 5.62. The highest BCUT2D eigenvalue weighted by Gasteiger charge is 2.05. The summed E-state index contributed by atoms with van der Waals surface area (Å²) in [6.07, 6.45) is 1.80. The highest BCUT2D eigenvalue weighted by atomic mass is 32.2. The van der Waals surface area contributed by atoms with Gasteiger partial charge in [-0.15, -0.1) is 23.1 Å². The molecule has 0 aliphatic heterocycles. The summed E-state index contributed by atoms with van der Waals surface area (Å²) in [5.74, 6) is 1.41. The molecule has 3 nitrogen and oxygen atoms in total. The van der Waals surface area contributed by atoms with E-state index in [0.717, 1.165) is 21.3 Å². The Morgan fingerprint density at radius 2 is 2.16 bits per heavy atom. The molecule has 19 heavy (non-hydrogen) atoms. The lowest BCUT2D eigenvalue weighted by atomic mass is 10.4. The van der Waals surface area contributed by atoms with Crippen LogP contribution in [0, 0.1) is 0 Å². The third kappa shape index (κ3) is 3.15. The van der Waals surface area contributed by atoms with Crippen LogP contribution in [0.2, 0.25) is 0 Å². The topological polar surface area (TPSA) is 51.8 Å². The molecule has 3 heterocycles. The van der Waals surface area contributed by atoms with Crippen LogP contribution in [0.1, 0.15) is 5.69 Å². The lowest BCUT2D eigenvalue weighted by molar-refractivity contribution is 1.21. The zero-order valence-electron chi connectivity index (χ0n) is 9.95. The Bertz CT molecular complexity index is 644. The van der Waals surface area contributed by atoms with Gasteiger partial charge in [-0.05, 0) is 23.6 Å². The van der Waals surface area contributed by atoms with Gasteiger partial charge in [0.05, 0.1) is 5.69 Å². The Labute approximate surface area is 123 Å². The second-order valence-corrected chi connectivity index (χ2v) is 6.55. The van der Waals surface area contributed by atoms with Crippen LogP contribution >= 0.6 is 34.4 Å². The molecule has 0 aromatic carbocycles. The number of hydrogen-bond acceptors (Lipinski definition) is 6. The van der Waals surface area contributed by atoms with E-state index in [4.69, 9.17) is 5.73 Å². The van der Waals surface area contributed by atoms with E-state index in [0.29, 0.717) is 5.82 Å². The Balaban J connectivity index is 1.66. The van der Waals surface area contributed by atoms with Crippen molar-refractivity contribution in [3.05, 3.63) is 46.2 Å². The Morgan fingerprint density at radius 3 is 2.89 bits per heavy atom. The first kappa shape index (κ1) is 12.7. The highest BCUT2D eigenvalue weighted by Crippen LogP contribution is 2.28. The fraction of sp³-hybridized carbons (Fsp3) is 0.0769. The van der Waals surface area contributed by atoms with Crippen molar-refractivity contribution in [3.63, 3.8) is 0 Å². The smallest absolute Gasteiger partial charge is 0.124 e. The molecule has 6 heteroatoms. The normalized spacial score (nSPS) is 10.7. The van der Waals surface area contributed by atoms with Gasteiger partial charge in [-0.2, -0.15) is 11.3 Å². The minimum atomic E-state index is 0.553. The minimum absolute atomic E-state index is 0.553. The Hall–Kier alpha value is -1.37. The van der Waals surface area contributed by atoms with Crippen molar-refractivity contribution in [2.45, 2.75) is 10.6 Å². The maximum absolute atomic E-state index is 5.56. The summed E-state index contributed by atoms with van der Waals surface area (Å²) in [5, 5.41) is 7.41. The second kappa shape index (κ2) is 5.73. The molecule has 0 amide bonds. The third-order valence-corrected chi connectivity index (χ3v) is 5.10. The number of nitrogen functional groups attached to an aromatic ring is 1. The molecule has 0 saturated carbocycles. The fourth-order valence-corrected chi connectivity index (χ4v) is 3.92. The number of rotatable bonds is 4. The van der Waals surface area contributed by atoms with E-state index in [1.165, 1.54) is 5.56 Å². The molecule has 0 aliphatic rings. The Kier molecular flexibility index (Phi) is 3.82. The molecule has 0 radical (unpaired) electrons. The summed E-state index contributed by atoms with van der Waals surface area (Å²) >= 11 is 5.11. The molecule has 3 aromatic rings. The first-order chi connectivity index (χ1) is 9.31. The van der Waals surface area contributed by atoms with Crippen LogP contribution in [0.5, 0.6) is 0 Å². The van der Waals surface area contributed by atoms with E-state index in [1.54, 1.807) is 40.6 Å². The van der Waals surface area contributed by atoms with E-state index < -0.39 is 0 Å². The second-order valence-electron chi connectivity index (χ2n) is 3.86. The predicted molar refractivity (Wildman–Crippen MR) is 83.6 cm³/mol. The molecule has 0 bridgehead atoms. The monoisotopic (exact) mass is 305 g/mol. The van der Waals surface area contributed by atoms with Gasteiger partial charge in [0, 0.05) is 33.2 Å². The van der Waals surface area contributed by atoms with Crippen LogP contribution < -0.4 is 5.73 Å². The number of nitrogens with two attached hydrogens (primary N) is 1. The predicted octanol–water partition coefficient (Wildman–Crippen LogP) is 4.14. The Morgan fingerprint density at radius 1 is 1.21 bits per heavy atom. The minimum Gasteiger partial charge on any atom is -0.384 e. The summed E-state index contributed by atoms with van der Waals surface area (Å²) in [5.41, 5.74) is 7.87. The van der Waals surface area contributed by atoms with Gasteiger partial charge >= 0.3 is 0 Å². The van der Waals surface area contributed by atoms with E-state index in [2.05, 4.69) is 32.2 Å². The number of hydrogen-bond donors (Lipinski definition) is 1. The number of pyridine rings is 1. The lowest BCUT2D eigenvalue weighted by Gasteiger charge is -1.99. The van der Waals surface area contributed by atoms with Crippen molar-refractivity contribution in [1.29, 1.82) is 0 Å². The molecule has 0 fully saturated rings. The van der Waals surface area contributed by atoms with Crippen molar-refractivity contribution in [2.24, 2.45) is 0 Å². The third-order valence-electron chi connectivity index (χ3n) is 2.47. The van der Waals surface area contributed by atoms with Gasteiger partial charge in [0.1, 0.15) is 10.8 Å². The molecular weight excluding hydrogens is 294 g/mol. The van der Waals surface area contributed by atoms with Gasteiger partial charge in [0.2, 0.25) is 0 Å². The molecule has 0 spiro atoms. The molecule has 3 rings (SSSR count). The van der Waals surface area contributed by atoms with Gasteiger partial charge in [-0.25, -0.2) is 9.97 Å². The van der Waals surface area contributed by atoms with Crippen molar-refractivity contribution >= 4 is 40.3 Å². The number of thiazole rings is 1. The number of thiophene rings is 1. The fourth-order valence-electron chi connectivity index (χ4n) is 1.53. The number of thioether (sulfide) groups is 1. The maximum atomic E-state index is 5.56. The van der Waals surface area contributed by atoms with Crippen molar-refractivity contribution in [1.82, 2.24) is 9.97 Å². The van der Waals surface area contributed by atoms with Gasteiger partial charge in [-0.1, -0.05) is 0 Å². The maximum Gasteiger partial charge on any atom is 0.124 e. The molecule has 0 saturated heterocycles. The van der Waals surface area contributed by atoms with Crippen LogP contribution in [-0.4, -0.2) is 9.97 Å². The van der Waals surface area contributed by atoms with E-state index in [9.17, 15) is 0 Å². The molecule has 0 atom stereocenters. The molecule has 0 aliphatic carbocycles. The summed E-state index contributed by atoms with van der Waals surface area (Å²) < 4.78 is 0. The van der Waals surface area contributed by atoms with Crippen LogP contribution in [0.3, 0.4) is 0 Å². The average molecular weight is 305 g/mol. The molecule has 96 valence electrons. The summed E-state index contributed by atoms with van der Waals surface area (Å²) in [6.45, 7) is 0. The van der Waals surface area contributed by atoms with Gasteiger partial charge in [0.25, 0.3) is 0 Å². The van der Waals surface area contributed by atoms with E-state index in [1.807, 2.05) is 12.1 Å². The quantitative estimate of drug-likeness (QED) is 0.736. The zero-order chi connectivity index (χ0) is 13.1. The van der Waals surface area contributed by atoms with Crippen LogP contribution in [0.4, 0.5) is 5.82 Å². The number of aromatic nitrogens is 2. The molecule has 2 N–H and O–H groups in total. The summed E-state index contributed by atoms with van der Waals surface area (Å²) in [6, 6.07) is 5.91. The summed E-state index contributed by atoms with van der Waals surface area (Å²) in [4.78, 5) is 9.83. The van der Waals surface area contributed by atoms with E-state index in [-0.39, 0.29) is 0 Å². The number of anilines is 1. The van der Waals surface area contributed by atoms with Gasteiger partial charge < -0.3 is 5.73 Å². The molecular formula is C13H11N3S3. The first-order valence-corrected chi connectivity index (χ1v) is 8.43. The van der Waals surface area contributed by atoms with Crippen LogP contribution in [0.15, 0.2) is 45.4 Å². The molecule has 3 aromatic heterocycles. The average Bonchev–Trinajstić information content (AvgIpc) is 3.09. The SMILES string of the molecule is Nc1ccc(SCc2csc(-c3ccsc3)n2)cn1.